The zero-order valence-electron chi connectivity index (χ0n) is 9.05. The van der Waals surface area contributed by atoms with E-state index in [1.165, 1.54) is 24.3 Å². The van der Waals surface area contributed by atoms with Gasteiger partial charge in [0.05, 0.1) is 16.9 Å². The molecule has 0 saturated heterocycles. The first-order valence-corrected chi connectivity index (χ1v) is 6.10. The average Bonchev–Trinajstić information content (AvgIpc) is 2.34. The van der Waals surface area contributed by atoms with Gasteiger partial charge < -0.3 is 5.32 Å². The smallest absolute Gasteiger partial charge is 0.124 e. The third kappa shape index (κ3) is 2.76. The molecule has 1 N–H and O–H groups in total. The van der Waals surface area contributed by atoms with E-state index in [-0.39, 0.29) is 11.4 Å². The van der Waals surface area contributed by atoms with E-state index in [2.05, 4.69) is 5.32 Å². The van der Waals surface area contributed by atoms with Crippen molar-refractivity contribution in [2.45, 2.75) is 0 Å². The Bertz CT molecular complexity index is 635. The first kappa shape index (κ1) is 12.8. The van der Waals surface area contributed by atoms with E-state index < -0.39 is 5.82 Å². The molecule has 0 unspecified atom stereocenters. The van der Waals surface area contributed by atoms with Gasteiger partial charge in [-0.3, -0.25) is 0 Å². The van der Waals surface area contributed by atoms with Crippen LogP contribution in [-0.2, 0) is 0 Å². The van der Waals surface area contributed by atoms with E-state index >= 15 is 0 Å². The number of hydrogen-bond donors (Lipinski definition) is 1. The molecule has 0 heterocycles. The van der Waals surface area contributed by atoms with Crippen LogP contribution in [0.4, 0.5) is 20.2 Å². The van der Waals surface area contributed by atoms with Crippen LogP contribution in [0.2, 0.25) is 0 Å². The zero-order valence-corrected chi connectivity index (χ0v) is 11.2. The highest BCUT2D eigenvalue weighted by molar-refractivity contribution is 14.1. The van der Waals surface area contributed by atoms with E-state index in [9.17, 15) is 8.78 Å². The summed E-state index contributed by atoms with van der Waals surface area (Å²) in [6.45, 7) is 0. The number of hydrogen-bond acceptors (Lipinski definition) is 2. The molecule has 0 aliphatic carbocycles. The Balaban J connectivity index is 2.37. The van der Waals surface area contributed by atoms with Crippen LogP contribution in [0.25, 0.3) is 0 Å². The fourth-order valence-corrected chi connectivity index (χ4v) is 2.07. The predicted octanol–water partition coefficient (Wildman–Crippen LogP) is 4.18. The molecule has 5 heteroatoms. The van der Waals surface area contributed by atoms with Crippen molar-refractivity contribution < 1.29 is 8.78 Å². The number of benzene rings is 2. The van der Waals surface area contributed by atoms with Crippen LogP contribution in [0, 0.1) is 26.5 Å². The quantitative estimate of drug-likeness (QED) is 0.820. The summed E-state index contributed by atoms with van der Waals surface area (Å²) in [4.78, 5) is 0. The maximum Gasteiger partial charge on any atom is 0.124 e. The normalized spacial score (nSPS) is 9.89. The minimum Gasteiger partial charge on any atom is -0.354 e. The second-order valence-electron chi connectivity index (χ2n) is 3.55. The molecule has 0 bridgehead atoms. The maximum absolute atomic E-state index is 13.0. The van der Waals surface area contributed by atoms with Crippen molar-refractivity contribution in [3.63, 3.8) is 0 Å². The van der Waals surface area contributed by atoms with Crippen LogP contribution in [0.3, 0.4) is 0 Å². The number of nitrogens with one attached hydrogen (secondary N) is 1. The molecule has 0 aromatic heterocycles. The van der Waals surface area contributed by atoms with Gasteiger partial charge in [0.2, 0.25) is 0 Å². The zero-order chi connectivity index (χ0) is 13.1. The number of nitriles is 1. The minimum atomic E-state index is -0.467. The monoisotopic (exact) mass is 356 g/mol. The SMILES string of the molecule is N#Cc1cc(F)ccc1Nc1ccc(F)cc1I. The highest BCUT2D eigenvalue weighted by Crippen LogP contribution is 2.25. The van der Waals surface area contributed by atoms with Gasteiger partial charge in [0.1, 0.15) is 17.7 Å². The second kappa shape index (κ2) is 5.31. The van der Waals surface area contributed by atoms with Crippen molar-refractivity contribution in [2.75, 3.05) is 5.32 Å². The first-order valence-electron chi connectivity index (χ1n) is 5.02. The molecular weight excluding hydrogens is 349 g/mol. The van der Waals surface area contributed by atoms with Crippen molar-refractivity contribution >= 4 is 34.0 Å². The van der Waals surface area contributed by atoms with Crippen molar-refractivity contribution in [1.82, 2.24) is 0 Å². The van der Waals surface area contributed by atoms with E-state index in [1.807, 2.05) is 28.7 Å². The molecule has 0 radical (unpaired) electrons. The summed E-state index contributed by atoms with van der Waals surface area (Å²) in [5.41, 5.74) is 1.36. The van der Waals surface area contributed by atoms with Crippen LogP contribution in [-0.4, -0.2) is 0 Å². The van der Waals surface area contributed by atoms with Gasteiger partial charge in [0, 0.05) is 3.57 Å². The van der Waals surface area contributed by atoms with Gasteiger partial charge in [-0.05, 0) is 59.0 Å². The lowest BCUT2D eigenvalue weighted by atomic mass is 10.2. The molecule has 0 spiro atoms. The summed E-state index contributed by atoms with van der Waals surface area (Å²) in [7, 11) is 0. The molecule has 0 saturated carbocycles. The summed E-state index contributed by atoms with van der Waals surface area (Å²) in [6.07, 6.45) is 0. The van der Waals surface area contributed by atoms with Crippen LogP contribution in [0.15, 0.2) is 36.4 Å². The van der Waals surface area contributed by atoms with Gasteiger partial charge in [-0.15, -0.1) is 0 Å². The molecule has 18 heavy (non-hydrogen) atoms. The molecule has 2 nitrogen and oxygen atoms in total. The Morgan fingerprint density at radius 2 is 1.61 bits per heavy atom. The lowest BCUT2D eigenvalue weighted by Gasteiger charge is -2.10. The van der Waals surface area contributed by atoms with Crippen LogP contribution >= 0.6 is 22.6 Å². The molecule has 2 aromatic rings. The maximum atomic E-state index is 13.0. The molecule has 2 rings (SSSR count). The van der Waals surface area contributed by atoms with Gasteiger partial charge in [0.15, 0.2) is 0 Å². The van der Waals surface area contributed by atoms with E-state index in [4.69, 9.17) is 5.26 Å². The number of rotatable bonds is 2. The summed E-state index contributed by atoms with van der Waals surface area (Å²) >= 11 is 1.98. The molecule has 0 fully saturated rings. The van der Waals surface area contributed by atoms with Crippen molar-refractivity contribution in [3.05, 3.63) is 57.2 Å². The first-order chi connectivity index (χ1) is 8.60. The van der Waals surface area contributed by atoms with Crippen molar-refractivity contribution in [3.8, 4) is 6.07 Å². The topological polar surface area (TPSA) is 35.8 Å². The fourth-order valence-electron chi connectivity index (χ4n) is 1.45. The second-order valence-corrected chi connectivity index (χ2v) is 4.71. The molecule has 0 atom stereocenters. The van der Waals surface area contributed by atoms with Crippen molar-refractivity contribution in [2.24, 2.45) is 0 Å². The van der Waals surface area contributed by atoms with Crippen LogP contribution in [0.1, 0.15) is 5.56 Å². The molecule has 2 aromatic carbocycles. The molecule has 0 aliphatic rings. The average molecular weight is 356 g/mol. The number of halogens is 3. The fraction of sp³-hybridized carbons (Fsp3) is 0. The molecular formula is C13H7F2IN2. The Morgan fingerprint density at radius 3 is 2.22 bits per heavy atom. The van der Waals surface area contributed by atoms with E-state index in [1.54, 1.807) is 6.07 Å². The Morgan fingerprint density at radius 1 is 1.00 bits per heavy atom. The van der Waals surface area contributed by atoms with E-state index in [0.717, 1.165) is 6.07 Å². The van der Waals surface area contributed by atoms with Crippen LogP contribution < -0.4 is 5.32 Å². The Kier molecular flexibility index (Phi) is 3.77. The highest BCUT2D eigenvalue weighted by atomic mass is 127. The van der Waals surface area contributed by atoms with Gasteiger partial charge in [-0.1, -0.05) is 0 Å². The summed E-state index contributed by atoms with van der Waals surface area (Å²) in [6, 6.07) is 10.1. The summed E-state index contributed by atoms with van der Waals surface area (Å²) < 4.78 is 26.6. The molecule has 0 aliphatic heterocycles. The van der Waals surface area contributed by atoms with Crippen molar-refractivity contribution in [1.29, 1.82) is 5.26 Å². The number of anilines is 2. The Labute approximate surface area is 116 Å². The van der Waals surface area contributed by atoms with Gasteiger partial charge >= 0.3 is 0 Å². The highest BCUT2D eigenvalue weighted by Gasteiger charge is 2.06. The molecule has 0 amide bonds. The molecule has 90 valence electrons. The standard InChI is InChI=1S/C13H7F2IN2/c14-9-1-3-12(8(5-9)7-17)18-13-4-2-10(15)6-11(13)16/h1-6,18H. The largest absolute Gasteiger partial charge is 0.354 e. The number of nitrogens with zero attached hydrogens (tertiary/aromatic N) is 1. The summed E-state index contributed by atoms with van der Waals surface area (Å²) in [5, 5.41) is 11.9. The third-order valence-electron chi connectivity index (χ3n) is 2.30. The Hall–Kier alpha value is -1.68. The van der Waals surface area contributed by atoms with Gasteiger partial charge in [0.25, 0.3) is 0 Å². The third-order valence-corrected chi connectivity index (χ3v) is 3.20. The lowest BCUT2D eigenvalue weighted by Crippen LogP contribution is -1.96. The van der Waals surface area contributed by atoms with Gasteiger partial charge in [-0.2, -0.15) is 5.26 Å². The minimum absolute atomic E-state index is 0.204. The van der Waals surface area contributed by atoms with Gasteiger partial charge in [-0.25, -0.2) is 8.78 Å². The lowest BCUT2D eigenvalue weighted by molar-refractivity contribution is 0.627. The predicted molar refractivity (Wildman–Crippen MR) is 73.5 cm³/mol. The van der Waals surface area contributed by atoms with Crippen LogP contribution in [0.5, 0.6) is 0 Å². The van der Waals surface area contributed by atoms with E-state index in [0.29, 0.717) is 14.9 Å². The summed E-state index contributed by atoms with van der Waals surface area (Å²) in [5.74, 6) is -0.796.